The number of aliphatic imine (C=N–C) groups is 1. The van der Waals surface area contributed by atoms with Crippen LogP contribution in [0.15, 0.2) is 34.2 Å². The number of hydrogen-bond donors (Lipinski definition) is 2. The van der Waals surface area contributed by atoms with Gasteiger partial charge in [-0.25, -0.2) is 13.4 Å². The second kappa shape index (κ2) is 12.5. The van der Waals surface area contributed by atoms with E-state index in [0.717, 1.165) is 24.5 Å². The number of sulfone groups is 1. The normalized spacial score (nSPS) is 13.0. The Morgan fingerprint density at radius 1 is 1.16 bits per heavy atom. The lowest BCUT2D eigenvalue weighted by atomic mass is 10.1. The molecule has 0 aromatic heterocycles. The van der Waals surface area contributed by atoms with Gasteiger partial charge in [0.2, 0.25) is 0 Å². The third kappa shape index (κ3) is 10.0. The molecule has 0 bridgehead atoms. The molecule has 5 nitrogen and oxygen atoms in total. The molecule has 1 aromatic rings. The SMILES string of the molecule is CCCCCC(C)NC(=NCc1ccc(S(C)(=O)=O)cc1)NCC.I. The van der Waals surface area contributed by atoms with Gasteiger partial charge in [-0.15, -0.1) is 24.0 Å². The molecule has 0 aliphatic rings. The minimum absolute atomic E-state index is 0. The lowest BCUT2D eigenvalue weighted by Gasteiger charge is -2.17. The topological polar surface area (TPSA) is 70.6 Å². The van der Waals surface area contributed by atoms with E-state index < -0.39 is 9.84 Å². The molecule has 0 fully saturated rings. The Morgan fingerprint density at radius 2 is 1.80 bits per heavy atom. The smallest absolute Gasteiger partial charge is 0.191 e. The Kier molecular flexibility index (Phi) is 12.1. The average Bonchev–Trinajstić information content (AvgIpc) is 2.52. The maximum atomic E-state index is 11.5. The van der Waals surface area contributed by atoms with Gasteiger partial charge in [-0.1, -0.05) is 38.3 Å². The first-order valence-corrected chi connectivity index (χ1v) is 10.6. The molecule has 0 radical (unpaired) electrons. The van der Waals surface area contributed by atoms with Gasteiger partial charge in [0.1, 0.15) is 0 Å². The molecular formula is C18H32IN3O2S. The van der Waals surface area contributed by atoms with Gasteiger partial charge in [-0.3, -0.25) is 0 Å². The Bertz CT molecular complexity index is 616. The maximum absolute atomic E-state index is 11.5. The van der Waals surface area contributed by atoms with Crippen LogP contribution in [0.1, 0.15) is 52.0 Å². The first-order valence-electron chi connectivity index (χ1n) is 8.70. The molecule has 1 unspecified atom stereocenters. The minimum Gasteiger partial charge on any atom is -0.357 e. The fourth-order valence-corrected chi connectivity index (χ4v) is 2.97. The summed E-state index contributed by atoms with van der Waals surface area (Å²) in [5.41, 5.74) is 0.984. The van der Waals surface area contributed by atoms with Crippen LogP contribution in [-0.2, 0) is 16.4 Å². The van der Waals surface area contributed by atoms with Crippen molar-refractivity contribution in [3.63, 3.8) is 0 Å². The predicted molar refractivity (Wildman–Crippen MR) is 117 cm³/mol. The van der Waals surface area contributed by atoms with Gasteiger partial charge < -0.3 is 10.6 Å². The summed E-state index contributed by atoms with van der Waals surface area (Å²) in [7, 11) is -3.15. The number of rotatable bonds is 9. The van der Waals surface area contributed by atoms with Crippen molar-refractivity contribution in [2.24, 2.45) is 4.99 Å². The van der Waals surface area contributed by atoms with E-state index in [2.05, 4.69) is 29.5 Å². The molecule has 0 aliphatic heterocycles. The molecule has 1 aromatic carbocycles. The van der Waals surface area contributed by atoms with Crippen LogP contribution in [0.25, 0.3) is 0 Å². The Morgan fingerprint density at radius 3 is 2.32 bits per heavy atom. The monoisotopic (exact) mass is 481 g/mol. The van der Waals surface area contributed by atoms with Gasteiger partial charge in [0.15, 0.2) is 15.8 Å². The van der Waals surface area contributed by atoms with Crippen LogP contribution < -0.4 is 10.6 Å². The third-order valence-corrected chi connectivity index (χ3v) is 4.87. The summed E-state index contributed by atoms with van der Waals surface area (Å²) in [5, 5.41) is 6.68. The maximum Gasteiger partial charge on any atom is 0.191 e. The molecule has 7 heteroatoms. The Hall–Kier alpha value is -0.830. The first-order chi connectivity index (χ1) is 11.4. The lowest BCUT2D eigenvalue weighted by molar-refractivity contribution is 0.547. The molecule has 2 N–H and O–H groups in total. The summed E-state index contributed by atoms with van der Waals surface area (Å²) < 4.78 is 23.0. The second-order valence-corrected chi connectivity index (χ2v) is 8.17. The van der Waals surface area contributed by atoms with E-state index in [1.54, 1.807) is 12.1 Å². The molecule has 1 atom stereocenters. The highest BCUT2D eigenvalue weighted by molar-refractivity contribution is 14.0. The van der Waals surface area contributed by atoms with Gasteiger partial charge in [0.05, 0.1) is 11.4 Å². The van der Waals surface area contributed by atoms with Crippen molar-refractivity contribution in [1.82, 2.24) is 10.6 Å². The van der Waals surface area contributed by atoms with E-state index in [-0.39, 0.29) is 24.0 Å². The van der Waals surface area contributed by atoms with Crippen LogP contribution in [-0.4, -0.2) is 33.2 Å². The van der Waals surface area contributed by atoms with Crippen molar-refractivity contribution < 1.29 is 8.42 Å². The summed E-state index contributed by atoms with van der Waals surface area (Å²) in [6.45, 7) is 7.74. The van der Waals surface area contributed by atoms with E-state index >= 15 is 0 Å². The highest BCUT2D eigenvalue weighted by Gasteiger charge is 2.07. The molecule has 0 amide bonds. The van der Waals surface area contributed by atoms with Crippen LogP contribution in [0.2, 0.25) is 0 Å². The van der Waals surface area contributed by atoms with E-state index in [9.17, 15) is 8.42 Å². The zero-order valence-electron chi connectivity index (χ0n) is 15.7. The van der Waals surface area contributed by atoms with Crippen LogP contribution in [0.4, 0.5) is 0 Å². The number of nitrogens with zero attached hydrogens (tertiary/aromatic N) is 1. The average molecular weight is 481 g/mol. The van der Waals surface area contributed by atoms with Crippen molar-refractivity contribution in [3.8, 4) is 0 Å². The summed E-state index contributed by atoms with van der Waals surface area (Å²) in [4.78, 5) is 4.93. The van der Waals surface area contributed by atoms with E-state index in [1.165, 1.54) is 25.5 Å². The van der Waals surface area contributed by atoms with Crippen molar-refractivity contribution in [1.29, 1.82) is 0 Å². The van der Waals surface area contributed by atoms with Crippen molar-refractivity contribution in [2.75, 3.05) is 12.8 Å². The number of nitrogens with one attached hydrogen (secondary N) is 2. The lowest BCUT2D eigenvalue weighted by Crippen LogP contribution is -2.42. The van der Waals surface area contributed by atoms with E-state index in [4.69, 9.17) is 0 Å². The summed E-state index contributed by atoms with van der Waals surface area (Å²) in [5.74, 6) is 0.800. The Balaban J connectivity index is 0.00000576. The van der Waals surface area contributed by atoms with Crippen LogP contribution >= 0.6 is 24.0 Å². The molecular weight excluding hydrogens is 449 g/mol. The summed E-state index contributed by atoms with van der Waals surface area (Å²) in [6, 6.07) is 7.27. The Labute approximate surface area is 170 Å². The van der Waals surface area contributed by atoms with Gasteiger partial charge in [-0.2, -0.15) is 0 Å². The van der Waals surface area contributed by atoms with Crippen LogP contribution in [0.5, 0.6) is 0 Å². The highest BCUT2D eigenvalue weighted by Crippen LogP contribution is 2.11. The number of halogens is 1. The summed E-state index contributed by atoms with van der Waals surface area (Å²) >= 11 is 0. The van der Waals surface area contributed by atoms with Crippen molar-refractivity contribution in [2.45, 2.75) is 63.9 Å². The molecule has 25 heavy (non-hydrogen) atoms. The van der Waals surface area contributed by atoms with Gasteiger partial charge in [0.25, 0.3) is 0 Å². The molecule has 0 spiro atoms. The zero-order valence-corrected chi connectivity index (χ0v) is 18.9. The van der Waals surface area contributed by atoms with Crippen molar-refractivity contribution in [3.05, 3.63) is 29.8 Å². The van der Waals surface area contributed by atoms with Crippen molar-refractivity contribution >= 4 is 39.8 Å². The summed E-state index contributed by atoms with van der Waals surface area (Å²) in [6.07, 6.45) is 6.04. The number of unbranched alkanes of at least 4 members (excludes halogenated alkanes) is 2. The number of guanidine groups is 1. The third-order valence-electron chi connectivity index (χ3n) is 3.74. The highest BCUT2D eigenvalue weighted by atomic mass is 127. The molecule has 1 rings (SSSR count). The van der Waals surface area contributed by atoms with Gasteiger partial charge >= 0.3 is 0 Å². The standard InChI is InChI=1S/C18H31N3O2S.HI/c1-5-7-8-9-15(3)21-18(19-6-2)20-14-16-10-12-17(13-11-16)24(4,22)23;/h10-13,15H,5-9,14H2,1-4H3,(H2,19,20,21);1H. The van der Waals surface area contributed by atoms with Crippen LogP contribution in [0, 0.1) is 0 Å². The quantitative estimate of drug-likeness (QED) is 0.244. The number of benzene rings is 1. The minimum atomic E-state index is -3.15. The second-order valence-electron chi connectivity index (χ2n) is 6.15. The largest absolute Gasteiger partial charge is 0.357 e. The molecule has 0 saturated heterocycles. The van der Waals surface area contributed by atoms with Gasteiger partial charge in [0, 0.05) is 18.8 Å². The fraction of sp³-hybridized carbons (Fsp3) is 0.611. The molecule has 0 saturated carbocycles. The predicted octanol–water partition coefficient (Wildman–Crippen LogP) is 3.73. The number of hydrogen-bond acceptors (Lipinski definition) is 3. The van der Waals surface area contributed by atoms with Gasteiger partial charge in [-0.05, 0) is 38.0 Å². The fourth-order valence-electron chi connectivity index (χ4n) is 2.34. The zero-order chi connectivity index (χ0) is 18.0. The molecule has 144 valence electrons. The van der Waals surface area contributed by atoms with Crippen LogP contribution in [0.3, 0.4) is 0 Å². The van der Waals surface area contributed by atoms with E-state index in [1.807, 2.05) is 19.1 Å². The molecule has 0 heterocycles. The van der Waals surface area contributed by atoms with E-state index in [0.29, 0.717) is 17.5 Å². The first kappa shape index (κ1) is 24.2. The molecule has 0 aliphatic carbocycles.